The highest BCUT2D eigenvalue weighted by molar-refractivity contribution is 5.94. The summed E-state index contributed by atoms with van der Waals surface area (Å²) in [7, 11) is 0. The molecule has 0 aromatic heterocycles. The lowest BCUT2D eigenvalue weighted by molar-refractivity contribution is 0.0951. The van der Waals surface area contributed by atoms with Crippen LogP contribution >= 0.6 is 0 Å². The normalized spacial score (nSPS) is 15.1. The predicted molar refractivity (Wildman–Crippen MR) is 61.0 cm³/mol. The van der Waals surface area contributed by atoms with Gasteiger partial charge in [-0.2, -0.15) is 0 Å². The quantitative estimate of drug-likeness (QED) is 0.803. The zero-order valence-corrected chi connectivity index (χ0v) is 9.34. The van der Waals surface area contributed by atoms with E-state index >= 15 is 0 Å². The van der Waals surface area contributed by atoms with E-state index in [2.05, 4.69) is 11.4 Å². The Kier molecular flexibility index (Phi) is 2.76. The molecule has 0 radical (unpaired) electrons. The predicted octanol–water partition coefficient (Wildman–Crippen LogP) is 2.44. The van der Waals surface area contributed by atoms with Gasteiger partial charge in [0.25, 0.3) is 5.91 Å². The largest absolute Gasteiger partial charge is 0.352 e. The van der Waals surface area contributed by atoms with Crippen molar-refractivity contribution in [2.24, 2.45) is 5.92 Å². The SMILES string of the molecule is Cc1cc(C)cc(C(=O)NCC2CC2)c1. The van der Waals surface area contributed by atoms with Gasteiger partial charge in [0.1, 0.15) is 0 Å². The van der Waals surface area contributed by atoms with Crippen molar-refractivity contribution in [2.75, 3.05) is 6.54 Å². The Morgan fingerprint density at radius 2 is 1.87 bits per heavy atom. The summed E-state index contributed by atoms with van der Waals surface area (Å²) < 4.78 is 0. The zero-order valence-electron chi connectivity index (χ0n) is 9.34. The third kappa shape index (κ3) is 2.82. The molecule has 2 heteroatoms. The third-order valence-corrected chi connectivity index (χ3v) is 2.73. The maximum atomic E-state index is 11.8. The third-order valence-electron chi connectivity index (χ3n) is 2.73. The molecule has 0 unspecified atom stereocenters. The van der Waals surface area contributed by atoms with E-state index in [4.69, 9.17) is 0 Å². The Bertz CT molecular complexity index is 360. The van der Waals surface area contributed by atoms with Crippen LogP contribution in [0.3, 0.4) is 0 Å². The number of carbonyl (C=O) groups is 1. The van der Waals surface area contributed by atoms with Crippen LogP contribution in [0.5, 0.6) is 0 Å². The van der Waals surface area contributed by atoms with Crippen molar-refractivity contribution in [1.82, 2.24) is 5.32 Å². The molecule has 1 N–H and O–H groups in total. The average molecular weight is 203 g/mol. The maximum Gasteiger partial charge on any atom is 0.251 e. The smallest absolute Gasteiger partial charge is 0.251 e. The standard InChI is InChI=1S/C13H17NO/c1-9-5-10(2)7-12(6-9)13(15)14-8-11-3-4-11/h5-7,11H,3-4,8H2,1-2H3,(H,14,15). The van der Waals surface area contributed by atoms with E-state index in [1.54, 1.807) is 0 Å². The van der Waals surface area contributed by atoms with Crippen molar-refractivity contribution in [3.8, 4) is 0 Å². The van der Waals surface area contributed by atoms with Gasteiger partial charge in [0, 0.05) is 12.1 Å². The summed E-state index contributed by atoms with van der Waals surface area (Å²) in [4.78, 5) is 11.8. The van der Waals surface area contributed by atoms with E-state index < -0.39 is 0 Å². The van der Waals surface area contributed by atoms with Gasteiger partial charge in [-0.1, -0.05) is 17.2 Å². The number of hydrogen-bond acceptors (Lipinski definition) is 1. The lowest BCUT2D eigenvalue weighted by atomic mass is 10.1. The second-order valence-corrected chi connectivity index (χ2v) is 4.53. The molecule has 15 heavy (non-hydrogen) atoms. The number of carbonyl (C=O) groups excluding carboxylic acids is 1. The van der Waals surface area contributed by atoms with E-state index in [1.165, 1.54) is 12.8 Å². The molecule has 1 aliphatic rings. The first-order valence-electron chi connectivity index (χ1n) is 5.51. The zero-order chi connectivity index (χ0) is 10.8. The molecule has 1 aromatic carbocycles. The summed E-state index contributed by atoms with van der Waals surface area (Å²) in [5, 5.41) is 2.98. The fourth-order valence-electron chi connectivity index (χ4n) is 1.77. The van der Waals surface area contributed by atoms with Crippen molar-refractivity contribution in [1.29, 1.82) is 0 Å². The first-order chi connectivity index (χ1) is 7.15. The number of benzene rings is 1. The number of hydrogen-bond donors (Lipinski definition) is 1. The Morgan fingerprint density at radius 3 is 2.40 bits per heavy atom. The summed E-state index contributed by atoms with van der Waals surface area (Å²) in [6.45, 7) is 4.88. The fourth-order valence-corrected chi connectivity index (χ4v) is 1.77. The molecule has 0 saturated heterocycles. The molecule has 1 saturated carbocycles. The average Bonchev–Trinajstić information content (AvgIpc) is 2.96. The maximum absolute atomic E-state index is 11.8. The van der Waals surface area contributed by atoms with Gasteiger partial charge in [0.05, 0.1) is 0 Å². The van der Waals surface area contributed by atoms with Crippen LogP contribution in [0.25, 0.3) is 0 Å². The van der Waals surface area contributed by atoms with Crippen molar-refractivity contribution < 1.29 is 4.79 Å². The lowest BCUT2D eigenvalue weighted by Crippen LogP contribution is -2.25. The molecule has 0 spiro atoms. The van der Waals surface area contributed by atoms with E-state index in [-0.39, 0.29) is 5.91 Å². The van der Waals surface area contributed by atoms with Crippen LogP contribution in [-0.2, 0) is 0 Å². The molecule has 2 rings (SSSR count). The van der Waals surface area contributed by atoms with E-state index in [9.17, 15) is 4.79 Å². The molecule has 0 heterocycles. The Balaban J connectivity index is 2.02. The van der Waals surface area contributed by atoms with Gasteiger partial charge in [-0.3, -0.25) is 4.79 Å². The lowest BCUT2D eigenvalue weighted by Gasteiger charge is -2.06. The molecular weight excluding hydrogens is 186 g/mol. The van der Waals surface area contributed by atoms with Gasteiger partial charge in [0.15, 0.2) is 0 Å². The van der Waals surface area contributed by atoms with Crippen LogP contribution in [0.4, 0.5) is 0 Å². The summed E-state index contributed by atoms with van der Waals surface area (Å²) in [6.07, 6.45) is 2.54. The first-order valence-corrected chi connectivity index (χ1v) is 5.51. The molecule has 1 aliphatic carbocycles. The van der Waals surface area contributed by atoms with E-state index in [1.807, 2.05) is 26.0 Å². The van der Waals surface area contributed by atoms with E-state index in [0.29, 0.717) is 0 Å². The van der Waals surface area contributed by atoms with Gasteiger partial charge in [0.2, 0.25) is 0 Å². The summed E-state index contributed by atoms with van der Waals surface area (Å²) in [5.41, 5.74) is 3.08. The van der Waals surface area contributed by atoms with Crippen molar-refractivity contribution in [3.63, 3.8) is 0 Å². The Hall–Kier alpha value is -1.31. The highest BCUT2D eigenvalue weighted by atomic mass is 16.1. The molecule has 80 valence electrons. The fraction of sp³-hybridized carbons (Fsp3) is 0.462. The Morgan fingerprint density at radius 1 is 1.27 bits per heavy atom. The van der Waals surface area contributed by atoms with Gasteiger partial charge in [-0.05, 0) is 44.7 Å². The molecule has 0 bridgehead atoms. The highest BCUT2D eigenvalue weighted by Gasteiger charge is 2.21. The molecule has 2 nitrogen and oxygen atoms in total. The minimum atomic E-state index is 0.0636. The second-order valence-electron chi connectivity index (χ2n) is 4.53. The molecule has 1 fully saturated rings. The highest BCUT2D eigenvalue weighted by Crippen LogP contribution is 2.27. The second kappa shape index (κ2) is 4.05. The number of aryl methyl sites for hydroxylation is 2. The minimum Gasteiger partial charge on any atom is -0.352 e. The van der Waals surface area contributed by atoms with Gasteiger partial charge < -0.3 is 5.32 Å². The van der Waals surface area contributed by atoms with Crippen molar-refractivity contribution >= 4 is 5.91 Å². The van der Waals surface area contributed by atoms with Crippen LogP contribution in [0.2, 0.25) is 0 Å². The molecule has 0 aliphatic heterocycles. The van der Waals surface area contributed by atoms with Crippen LogP contribution in [0, 0.1) is 19.8 Å². The van der Waals surface area contributed by atoms with Crippen molar-refractivity contribution in [3.05, 3.63) is 34.9 Å². The Labute approximate surface area is 90.7 Å². The van der Waals surface area contributed by atoms with Gasteiger partial charge in [-0.25, -0.2) is 0 Å². The van der Waals surface area contributed by atoms with Crippen molar-refractivity contribution in [2.45, 2.75) is 26.7 Å². The molecule has 1 amide bonds. The van der Waals surface area contributed by atoms with Crippen LogP contribution in [0.15, 0.2) is 18.2 Å². The topological polar surface area (TPSA) is 29.1 Å². The summed E-state index contributed by atoms with van der Waals surface area (Å²) in [6, 6.07) is 5.96. The summed E-state index contributed by atoms with van der Waals surface area (Å²) >= 11 is 0. The monoisotopic (exact) mass is 203 g/mol. The van der Waals surface area contributed by atoms with Gasteiger partial charge >= 0.3 is 0 Å². The van der Waals surface area contributed by atoms with E-state index in [0.717, 1.165) is 29.2 Å². The number of amides is 1. The minimum absolute atomic E-state index is 0.0636. The number of nitrogens with one attached hydrogen (secondary N) is 1. The van der Waals surface area contributed by atoms with Gasteiger partial charge in [-0.15, -0.1) is 0 Å². The molecule has 0 atom stereocenters. The first kappa shape index (κ1) is 10.2. The molecule has 1 aromatic rings. The van der Waals surface area contributed by atoms with Crippen LogP contribution < -0.4 is 5.32 Å². The summed E-state index contributed by atoms with van der Waals surface area (Å²) in [5.74, 6) is 0.800. The molecular formula is C13H17NO. The van der Waals surface area contributed by atoms with Crippen LogP contribution in [-0.4, -0.2) is 12.5 Å². The van der Waals surface area contributed by atoms with Crippen LogP contribution in [0.1, 0.15) is 34.3 Å². The number of rotatable bonds is 3.